The van der Waals surface area contributed by atoms with Gasteiger partial charge in [-0.3, -0.25) is 0 Å². The maximum absolute atomic E-state index is 5.75. The smallest absolute Gasteiger partial charge is 0.238 e. The Morgan fingerprint density at radius 2 is 1.88 bits per heavy atom. The Labute approximate surface area is 98.8 Å². The molecule has 1 aromatic heterocycles. The third kappa shape index (κ3) is 2.64. The van der Waals surface area contributed by atoms with Crippen molar-refractivity contribution in [1.29, 1.82) is 0 Å². The first-order chi connectivity index (χ1) is 7.75. The van der Waals surface area contributed by atoms with Crippen LogP contribution in [0.5, 0.6) is 5.88 Å². The summed E-state index contributed by atoms with van der Waals surface area (Å²) < 4.78 is 5.48. The Balaban J connectivity index is 2.08. The lowest BCUT2D eigenvalue weighted by Gasteiger charge is -2.07. The highest BCUT2D eigenvalue weighted by Crippen LogP contribution is 2.21. The molecule has 1 heterocycles. The molecule has 0 amide bonds. The van der Waals surface area contributed by atoms with Gasteiger partial charge in [-0.2, -0.15) is 4.98 Å². The van der Waals surface area contributed by atoms with Crippen LogP contribution in [0.4, 0.5) is 5.69 Å². The van der Waals surface area contributed by atoms with Crippen LogP contribution < -0.4 is 10.5 Å². The summed E-state index contributed by atoms with van der Waals surface area (Å²) in [4.78, 5) is 4.01. The summed E-state index contributed by atoms with van der Waals surface area (Å²) >= 11 is 5.75. The highest BCUT2D eigenvalue weighted by Gasteiger charge is 2.03. The fourth-order valence-corrected chi connectivity index (χ4v) is 1.41. The predicted octanol–water partition coefficient (Wildman–Crippen LogP) is 2.90. The molecule has 0 radical (unpaired) electrons. The number of ether oxygens (including phenoxy) is 1. The van der Waals surface area contributed by atoms with E-state index in [9.17, 15) is 0 Å². The zero-order valence-corrected chi connectivity index (χ0v) is 9.32. The van der Waals surface area contributed by atoms with Gasteiger partial charge in [-0.1, -0.05) is 41.9 Å². The summed E-state index contributed by atoms with van der Waals surface area (Å²) in [6.07, 6.45) is 0. The van der Waals surface area contributed by atoms with Gasteiger partial charge in [0.05, 0.1) is 5.69 Å². The highest BCUT2D eigenvalue weighted by atomic mass is 35.5. The number of anilines is 1. The molecule has 2 N–H and O–H groups in total. The van der Waals surface area contributed by atoms with Gasteiger partial charge in [-0.25, -0.2) is 0 Å². The third-order valence-electron chi connectivity index (χ3n) is 2.07. The number of nitrogens with zero attached hydrogens (tertiary/aromatic N) is 1. The van der Waals surface area contributed by atoms with Gasteiger partial charge in [0.15, 0.2) is 0 Å². The zero-order valence-electron chi connectivity index (χ0n) is 8.56. The second-order valence-electron chi connectivity index (χ2n) is 3.30. The predicted molar refractivity (Wildman–Crippen MR) is 64.4 cm³/mol. The van der Waals surface area contributed by atoms with Crippen LogP contribution >= 0.6 is 11.6 Å². The molecule has 0 bridgehead atoms. The van der Waals surface area contributed by atoms with E-state index in [1.54, 1.807) is 12.1 Å². The molecule has 0 fully saturated rings. The monoisotopic (exact) mass is 234 g/mol. The van der Waals surface area contributed by atoms with E-state index in [1.807, 2.05) is 30.3 Å². The number of aromatic nitrogens is 1. The van der Waals surface area contributed by atoms with Crippen molar-refractivity contribution in [3.05, 3.63) is 53.2 Å². The van der Waals surface area contributed by atoms with Crippen molar-refractivity contribution in [2.45, 2.75) is 6.61 Å². The largest absolute Gasteiger partial charge is 0.471 e. The van der Waals surface area contributed by atoms with Crippen LogP contribution in [0.25, 0.3) is 0 Å². The van der Waals surface area contributed by atoms with Gasteiger partial charge in [0.25, 0.3) is 0 Å². The lowest BCUT2D eigenvalue weighted by molar-refractivity contribution is 0.296. The minimum absolute atomic E-state index is 0.372. The molecule has 0 saturated carbocycles. The van der Waals surface area contributed by atoms with Gasteiger partial charge in [-0.15, -0.1) is 0 Å². The molecule has 0 aliphatic rings. The SMILES string of the molecule is Nc1ccc(Cl)nc1OCc1ccccc1. The van der Waals surface area contributed by atoms with E-state index in [4.69, 9.17) is 22.1 Å². The molecule has 3 nitrogen and oxygen atoms in total. The minimum atomic E-state index is 0.372. The number of rotatable bonds is 3. The number of nitrogen functional groups attached to an aromatic ring is 1. The molecule has 0 aliphatic heterocycles. The van der Waals surface area contributed by atoms with Gasteiger partial charge < -0.3 is 10.5 Å². The molecule has 0 spiro atoms. The fourth-order valence-electron chi connectivity index (χ4n) is 1.27. The van der Waals surface area contributed by atoms with E-state index in [0.29, 0.717) is 23.3 Å². The normalized spacial score (nSPS) is 10.1. The van der Waals surface area contributed by atoms with E-state index in [2.05, 4.69) is 4.98 Å². The van der Waals surface area contributed by atoms with Crippen molar-refractivity contribution in [2.75, 3.05) is 5.73 Å². The highest BCUT2D eigenvalue weighted by molar-refractivity contribution is 6.29. The number of nitrogens with two attached hydrogens (primary N) is 1. The Morgan fingerprint density at radius 3 is 2.62 bits per heavy atom. The second-order valence-corrected chi connectivity index (χ2v) is 3.69. The summed E-state index contributed by atoms with van der Waals surface area (Å²) in [6, 6.07) is 13.1. The molecule has 82 valence electrons. The Morgan fingerprint density at radius 1 is 1.12 bits per heavy atom. The average molecular weight is 235 g/mol. The van der Waals surface area contributed by atoms with Crippen LogP contribution in [0.15, 0.2) is 42.5 Å². The first-order valence-corrected chi connectivity index (χ1v) is 5.22. The fraction of sp³-hybridized carbons (Fsp3) is 0.0833. The van der Waals surface area contributed by atoms with Gasteiger partial charge in [0.2, 0.25) is 5.88 Å². The van der Waals surface area contributed by atoms with E-state index in [0.717, 1.165) is 5.56 Å². The van der Waals surface area contributed by atoms with Crippen molar-refractivity contribution in [1.82, 2.24) is 4.98 Å². The zero-order chi connectivity index (χ0) is 11.4. The first kappa shape index (κ1) is 10.8. The summed E-state index contributed by atoms with van der Waals surface area (Å²) in [5.74, 6) is 0.372. The van der Waals surface area contributed by atoms with Gasteiger partial charge in [-0.05, 0) is 17.7 Å². The van der Waals surface area contributed by atoms with Crippen molar-refractivity contribution in [3.63, 3.8) is 0 Å². The van der Waals surface area contributed by atoms with E-state index < -0.39 is 0 Å². The Bertz CT molecular complexity index is 474. The van der Waals surface area contributed by atoms with Crippen LogP contribution in [0, 0.1) is 0 Å². The van der Waals surface area contributed by atoms with Crippen molar-refractivity contribution >= 4 is 17.3 Å². The molecule has 4 heteroatoms. The van der Waals surface area contributed by atoms with E-state index in [-0.39, 0.29) is 0 Å². The van der Waals surface area contributed by atoms with E-state index >= 15 is 0 Å². The second kappa shape index (κ2) is 4.86. The maximum Gasteiger partial charge on any atom is 0.238 e. The lowest BCUT2D eigenvalue weighted by atomic mass is 10.2. The number of halogens is 1. The summed E-state index contributed by atoms with van der Waals surface area (Å²) in [7, 11) is 0. The van der Waals surface area contributed by atoms with Crippen LogP contribution in [0.2, 0.25) is 5.15 Å². The van der Waals surface area contributed by atoms with Crippen molar-refractivity contribution in [2.24, 2.45) is 0 Å². The van der Waals surface area contributed by atoms with Crippen LogP contribution in [0.3, 0.4) is 0 Å². The number of hydrogen-bond acceptors (Lipinski definition) is 3. The topological polar surface area (TPSA) is 48.1 Å². The average Bonchev–Trinajstić information content (AvgIpc) is 2.32. The maximum atomic E-state index is 5.75. The molecule has 2 rings (SSSR count). The molecule has 2 aromatic rings. The van der Waals surface area contributed by atoms with Gasteiger partial charge >= 0.3 is 0 Å². The first-order valence-electron chi connectivity index (χ1n) is 4.84. The molecule has 1 aromatic carbocycles. The van der Waals surface area contributed by atoms with Gasteiger partial charge in [0.1, 0.15) is 11.8 Å². The quantitative estimate of drug-likeness (QED) is 0.831. The van der Waals surface area contributed by atoms with Crippen LogP contribution in [-0.2, 0) is 6.61 Å². The summed E-state index contributed by atoms with van der Waals surface area (Å²) in [5, 5.41) is 0.372. The number of hydrogen-bond donors (Lipinski definition) is 1. The number of pyridine rings is 1. The Hall–Kier alpha value is -1.74. The van der Waals surface area contributed by atoms with Crippen LogP contribution in [0.1, 0.15) is 5.56 Å². The molecule has 0 aliphatic carbocycles. The molecular weight excluding hydrogens is 224 g/mol. The molecule has 0 atom stereocenters. The van der Waals surface area contributed by atoms with E-state index in [1.165, 1.54) is 0 Å². The molecule has 0 unspecified atom stereocenters. The summed E-state index contributed by atoms with van der Waals surface area (Å²) in [5.41, 5.74) is 7.25. The minimum Gasteiger partial charge on any atom is -0.471 e. The summed E-state index contributed by atoms with van der Waals surface area (Å²) in [6.45, 7) is 0.429. The molecule has 16 heavy (non-hydrogen) atoms. The Kier molecular flexibility index (Phi) is 3.27. The van der Waals surface area contributed by atoms with Gasteiger partial charge in [0, 0.05) is 0 Å². The molecular formula is C12H11ClN2O. The van der Waals surface area contributed by atoms with Crippen molar-refractivity contribution < 1.29 is 4.74 Å². The lowest BCUT2D eigenvalue weighted by Crippen LogP contribution is -2.00. The third-order valence-corrected chi connectivity index (χ3v) is 2.28. The van der Waals surface area contributed by atoms with Crippen molar-refractivity contribution in [3.8, 4) is 5.88 Å². The molecule has 0 saturated heterocycles. The van der Waals surface area contributed by atoms with Crippen LogP contribution in [-0.4, -0.2) is 4.98 Å². The number of benzene rings is 1. The standard InChI is InChI=1S/C12H11ClN2O/c13-11-7-6-10(14)12(15-11)16-8-9-4-2-1-3-5-9/h1-7H,8,14H2.